The Hall–Kier alpha value is -2.53. The maximum atomic E-state index is 13.3. The smallest absolute Gasteiger partial charge is 0.319 e. The highest BCUT2D eigenvalue weighted by Gasteiger charge is 2.32. The van der Waals surface area contributed by atoms with Gasteiger partial charge in [-0.25, -0.2) is 22.3 Å². The van der Waals surface area contributed by atoms with Crippen LogP contribution in [0.3, 0.4) is 0 Å². The van der Waals surface area contributed by atoms with Crippen LogP contribution >= 0.6 is 0 Å². The zero-order valence-corrected chi connectivity index (χ0v) is 18.6. The quantitative estimate of drug-likeness (QED) is 0.478. The number of ether oxygens (including phenoxy) is 1. The molecule has 0 bridgehead atoms. The van der Waals surface area contributed by atoms with Crippen LogP contribution in [0.15, 0.2) is 53.4 Å². The van der Waals surface area contributed by atoms with Crippen molar-refractivity contribution in [3.05, 3.63) is 59.9 Å². The van der Waals surface area contributed by atoms with Gasteiger partial charge in [-0.3, -0.25) is 0 Å². The SMILES string of the molecule is Cc1ccc(S(=O)(=O)NCC[C@H]2CC[C@@H](NC(=O)Nc3cccc(F)c3)[C@@H](CO)O2)cc1. The van der Waals surface area contributed by atoms with Crippen molar-refractivity contribution in [1.82, 2.24) is 10.0 Å². The van der Waals surface area contributed by atoms with Crippen molar-refractivity contribution in [2.75, 3.05) is 18.5 Å². The number of aliphatic hydroxyl groups is 1. The summed E-state index contributed by atoms with van der Waals surface area (Å²) >= 11 is 0. The van der Waals surface area contributed by atoms with Crippen molar-refractivity contribution in [1.29, 1.82) is 0 Å². The largest absolute Gasteiger partial charge is 0.394 e. The van der Waals surface area contributed by atoms with Crippen LogP contribution in [-0.4, -0.2) is 51.0 Å². The number of carbonyl (C=O) groups excluding carboxylic acids is 1. The molecule has 0 aromatic heterocycles. The van der Waals surface area contributed by atoms with Gasteiger partial charge in [-0.05, 0) is 56.5 Å². The molecular weight excluding hydrogens is 437 g/mol. The number of aliphatic hydroxyl groups excluding tert-OH is 1. The molecule has 3 atom stereocenters. The lowest BCUT2D eigenvalue weighted by Gasteiger charge is -2.36. The molecule has 0 radical (unpaired) electrons. The second-order valence-electron chi connectivity index (χ2n) is 7.77. The summed E-state index contributed by atoms with van der Waals surface area (Å²) in [4.78, 5) is 12.4. The number of amides is 2. The minimum Gasteiger partial charge on any atom is -0.394 e. The van der Waals surface area contributed by atoms with Gasteiger partial charge in [0.2, 0.25) is 10.0 Å². The molecule has 1 heterocycles. The fraction of sp³-hybridized carbons (Fsp3) is 0.409. The van der Waals surface area contributed by atoms with E-state index in [1.807, 2.05) is 6.92 Å². The predicted octanol–water partition coefficient (Wildman–Crippen LogP) is 2.53. The number of sulfonamides is 1. The standard InChI is InChI=1S/C22H28FN3O5S/c1-15-5-8-19(9-6-15)32(29,30)24-12-11-18-7-10-20(21(14-27)31-18)26-22(28)25-17-4-2-3-16(23)13-17/h2-6,8-9,13,18,20-21,24,27H,7,10-12,14H2,1H3,(H2,25,26,28)/t18-,20-,21-/m1/s1. The van der Waals surface area contributed by atoms with Crippen LogP contribution in [0, 0.1) is 12.7 Å². The molecule has 1 aliphatic heterocycles. The molecule has 2 aromatic rings. The molecule has 0 saturated carbocycles. The van der Waals surface area contributed by atoms with E-state index in [-0.39, 0.29) is 24.2 Å². The molecule has 3 rings (SSSR count). The lowest BCUT2D eigenvalue weighted by molar-refractivity contribution is -0.0884. The Balaban J connectivity index is 1.46. The molecule has 8 nitrogen and oxygen atoms in total. The van der Waals surface area contributed by atoms with Gasteiger partial charge in [-0.15, -0.1) is 0 Å². The second kappa shape index (κ2) is 10.9. The molecule has 10 heteroatoms. The molecule has 0 spiro atoms. The van der Waals surface area contributed by atoms with E-state index in [9.17, 15) is 22.7 Å². The van der Waals surface area contributed by atoms with Crippen LogP contribution in [-0.2, 0) is 14.8 Å². The third-order valence-corrected chi connectivity index (χ3v) is 6.76. The Labute approximate surface area is 187 Å². The number of anilines is 1. The number of carbonyl (C=O) groups is 1. The second-order valence-corrected chi connectivity index (χ2v) is 9.54. The van der Waals surface area contributed by atoms with Crippen molar-refractivity contribution in [3.8, 4) is 0 Å². The summed E-state index contributed by atoms with van der Waals surface area (Å²) in [5, 5.41) is 15.0. The molecular formula is C22H28FN3O5S. The molecule has 2 amide bonds. The topological polar surface area (TPSA) is 117 Å². The number of nitrogens with one attached hydrogen (secondary N) is 3. The summed E-state index contributed by atoms with van der Waals surface area (Å²) in [6, 6.07) is 11.2. The number of benzene rings is 2. The minimum absolute atomic E-state index is 0.192. The third kappa shape index (κ3) is 6.73. The maximum absolute atomic E-state index is 13.3. The first-order valence-corrected chi connectivity index (χ1v) is 11.9. The van der Waals surface area contributed by atoms with E-state index in [0.717, 1.165) is 5.56 Å². The zero-order chi connectivity index (χ0) is 23.1. The van der Waals surface area contributed by atoms with E-state index in [4.69, 9.17) is 4.74 Å². The van der Waals surface area contributed by atoms with Gasteiger partial charge < -0.3 is 20.5 Å². The molecule has 1 fully saturated rings. The highest BCUT2D eigenvalue weighted by atomic mass is 32.2. The summed E-state index contributed by atoms with van der Waals surface area (Å²) in [7, 11) is -3.60. The summed E-state index contributed by atoms with van der Waals surface area (Å²) in [6.07, 6.45) is 0.701. The Morgan fingerprint density at radius 3 is 2.62 bits per heavy atom. The number of rotatable bonds is 8. The molecule has 0 unspecified atom stereocenters. The third-order valence-electron chi connectivity index (χ3n) is 5.28. The predicted molar refractivity (Wildman–Crippen MR) is 118 cm³/mol. The average Bonchev–Trinajstić information content (AvgIpc) is 2.75. The lowest BCUT2D eigenvalue weighted by Crippen LogP contribution is -2.52. The molecule has 0 aliphatic carbocycles. The Kier molecular flexibility index (Phi) is 8.19. The Bertz CT molecular complexity index is 1020. The van der Waals surface area contributed by atoms with Crippen molar-refractivity contribution in [2.45, 2.75) is 49.3 Å². The molecule has 32 heavy (non-hydrogen) atoms. The number of urea groups is 1. The van der Waals surface area contributed by atoms with Gasteiger partial charge in [0, 0.05) is 12.2 Å². The lowest BCUT2D eigenvalue weighted by atomic mass is 9.97. The van der Waals surface area contributed by atoms with E-state index >= 15 is 0 Å². The Morgan fingerprint density at radius 1 is 1.19 bits per heavy atom. The average molecular weight is 466 g/mol. The molecule has 1 aliphatic rings. The number of hydrogen-bond donors (Lipinski definition) is 4. The minimum atomic E-state index is -3.60. The van der Waals surface area contributed by atoms with E-state index in [0.29, 0.717) is 24.9 Å². The van der Waals surface area contributed by atoms with Crippen molar-refractivity contribution in [2.24, 2.45) is 0 Å². The fourth-order valence-corrected chi connectivity index (χ4v) is 4.61. The van der Waals surface area contributed by atoms with Gasteiger partial charge in [0.25, 0.3) is 0 Å². The molecule has 1 saturated heterocycles. The van der Waals surface area contributed by atoms with Crippen molar-refractivity contribution < 1.29 is 27.4 Å². The summed E-state index contributed by atoms with van der Waals surface area (Å²) in [5.41, 5.74) is 1.29. The van der Waals surface area contributed by atoms with E-state index in [1.54, 1.807) is 30.3 Å². The normalized spacial score (nSPS) is 21.2. The highest BCUT2D eigenvalue weighted by Crippen LogP contribution is 2.22. The number of aryl methyl sites for hydroxylation is 1. The highest BCUT2D eigenvalue weighted by molar-refractivity contribution is 7.89. The first kappa shape index (κ1) is 24.1. The van der Waals surface area contributed by atoms with Gasteiger partial charge in [0.05, 0.1) is 23.6 Å². The Morgan fingerprint density at radius 2 is 1.94 bits per heavy atom. The summed E-state index contributed by atoms with van der Waals surface area (Å²) < 4.78 is 46.5. The van der Waals surface area contributed by atoms with Crippen LogP contribution in [0.25, 0.3) is 0 Å². The van der Waals surface area contributed by atoms with Gasteiger partial charge in [0.15, 0.2) is 0 Å². The van der Waals surface area contributed by atoms with Crippen LogP contribution in [0.4, 0.5) is 14.9 Å². The van der Waals surface area contributed by atoms with Gasteiger partial charge in [-0.2, -0.15) is 0 Å². The molecule has 2 aromatic carbocycles. The first-order valence-electron chi connectivity index (χ1n) is 10.4. The summed E-state index contributed by atoms with van der Waals surface area (Å²) in [5.74, 6) is -0.460. The maximum Gasteiger partial charge on any atom is 0.319 e. The molecule has 4 N–H and O–H groups in total. The van der Waals surface area contributed by atoms with Crippen LogP contribution in [0.5, 0.6) is 0 Å². The van der Waals surface area contributed by atoms with Crippen LogP contribution in [0.2, 0.25) is 0 Å². The van der Waals surface area contributed by atoms with Crippen LogP contribution in [0.1, 0.15) is 24.8 Å². The number of hydrogen-bond acceptors (Lipinski definition) is 5. The van der Waals surface area contributed by atoms with Gasteiger partial charge in [0.1, 0.15) is 11.9 Å². The van der Waals surface area contributed by atoms with Crippen molar-refractivity contribution >= 4 is 21.7 Å². The van der Waals surface area contributed by atoms with E-state index in [2.05, 4.69) is 15.4 Å². The molecule has 174 valence electrons. The monoisotopic (exact) mass is 465 g/mol. The van der Waals surface area contributed by atoms with Crippen LogP contribution < -0.4 is 15.4 Å². The first-order chi connectivity index (χ1) is 15.3. The van der Waals surface area contributed by atoms with E-state index in [1.165, 1.54) is 18.2 Å². The zero-order valence-electron chi connectivity index (χ0n) is 17.8. The van der Waals surface area contributed by atoms with Crippen molar-refractivity contribution in [3.63, 3.8) is 0 Å². The number of halogens is 1. The van der Waals surface area contributed by atoms with Gasteiger partial charge >= 0.3 is 6.03 Å². The summed E-state index contributed by atoms with van der Waals surface area (Å²) in [6.45, 7) is 1.78. The fourth-order valence-electron chi connectivity index (χ4n) is 3.57. The van der Waals surface area contributed by atoms with Gasteiger partial charge in [-0.1, -0.05) is 23.8 Å². The van der Waals surface area contributed by atoms with E-state index < -0.39 is 34.0 Å².